The third-order valence-corrected chi connectivity index (χ3v) is 4.57. The number of carbonyl (C=O) groups is 3. The normalized spacial score (nSPS) is 27.2. The van der Waals surface area contributed by atoms with Crippen LogP contribution in [0.15, 0.2) is 0 Å². The lowest BCUT2D eigenvalue weighted by molar-refractivity contribution is -0.146. The van der Waals surface area contributed by atoms with Crippen molar-refractivity contribution in [1.29, 1.82) is 0 Å². The summed E-state index contributed by atoms with van der Waals surface area (Å²) in [7, 11) is 0. The SMILES string of the molecule is CC(NC(=O)C1CCCC1C(=O)O)C(=O)N1CCCCC1. The van der Waals surface area contributed by atoms with Crippen LogP contribution in [0.25, 0.3) is 0 Å². The first-order valence-corrected chi connectivity index (χ1v) is 7.82. The molecule has 1 aliphatic carbocycles. The molecule has 1 heterocycles. The summed E-state index contributed by atoms with van der Waals surface area (Å²) in [6, 6.07) is -0.578. The summed E-state index contributed by atoms with van der Waals surface area (Å²) in [6.45, 7) is 3.18. The van der Waals surface area contributed by atoms with Crippen molar-refractivity contribution in [1.82, 2.24) is 10.2 Å². The van der Waals surface area contributed by atoms with Crippen molar-refractivity contribution in [2.24, 2.45) is 11.8 Å². The second-order valence-corrected chi connectivity index (χ2v) is 6.10. The minimum atomic E-state index is -0.914. The molecule has 2 N–H and O–H groups in total. The smallest absolute Gasteiger partial charge is 0.307 e. The van der Waals surface area contributed by atoms with E-state index in [9.17, 15) is 14.4 Å². The van der Waals surface area contributed by atoms with Crippen LogP contribution < -0.4 is 5.32 Å². The van der Waals surface area contributed by atoms with Gasteiger partial charge in [0.05, 0.1) is 11.8 Å². The lowest BCUT2D eigenvalue weighted by atomic mass is 9.95. The molecule has 0 radical (unpaired) electrons. The zero-order valence-corrected chi connectivity index (χ0v) is 12.5. The van der Waals surface area contributed by atoms with E-state index in [2.05, 4.69) is 5.32 Å². The van der Waals surface area contributed by atoms with Crippen LogP contribution in [0, 0.1) is 11.8 Å². The van der Waals surface area contributed by atoms with E-state index in [0.717, 1.165) is 38.8 Å². The average Bonchev–Trinajstić information content (AvgIpc) is 2.97. The van der Waals surface area contributed by atoms with Crippen LogP contribution in [0.4, 0.5) is 0 Å². The van der Waals surface area contributed by atoms with Crippen LogP contribution in [0.2, 0.25) is 0 Å². The molecule has 6 nitrogen and oxygen atoms in total. The molecule has 0 aromatic rings. The van der Waals surface area contributed by atoms with Gasteiger partial charge in [0.25, 0.3) is 0 Å². The second kappa shape index (κ2) is 6.91. The van der Waals surface area contributed by atoms with Gasteiger partial charge in [0.2, 0.25) is 11.8 Å². The number of nitrogens with one attached hydrogen (secondary N) is 1. The van der Waals surface area contributed by atoms with Crippen LogP contribution in [0.1, 0.15) is 45.4 Å². The highest BCUT2D eigenvalue weighted by Gasteiger charge is 2.38. The molecule has 1 saturated heterocycles. The van der Waals surface area contributed by atoms with E-state index in [1.54, 1.807) is 11.8 Å². The zero-order chi connectivity index (χ0) is 15.4. The van der Waals surface area contributed by atoms with Crippen molar-refractivity contribution in [2.45, 2.75) is 51.5 Å². The standard InChI is InChI=1S/C15H24N2O4/c1-10(14(19)17-8-3-2-4-9-17)16-13(18)11-6-5-7-12(11)15(20)21/h10-12H,2-9H2,1H3,(H,16,18)(H,20,21). The quantitative estimate of drug-likeness (QED) is 0.810. The van der Waals surface area contributed by atoms with Gasteiger partial charge in [-0.3, -0.25) is 14.4 Å². The molecule has 0 bridgehead atoms. The summed E-state index contributed by atoms with van der Waals surface area (Å²) in [4.78, 5) is 37.4. The Labute approximate surface area is 124 Å². The number of carboxylic acid groups (broad SMARTS) is 1. The number of hydrogen-bond acceptors (Lipinski definition) is 3. The molecule has 3 unspecified atom stereocenters. The molecule has 2 aliphatic rings. The first kappa shape index (κ1) is 15.8. The van der Waals surface area contributed by atoms with Crippen LogP contribution in [-0.4, -0.2) is 46.9 Å². The van der Waals surface area contributed by atoms with Crippen molar-refractivity contribution in [3.05, 3.63) is 0 Å². The van der Waals surface area contributed by atoms with Crippen molar-refractivity contribution < 1.29 is 19.5 Å². The summed E-state index contributed by atoms with van der Waals surface area (Å²) in [5, 5.41) is 11.8. The highest BCUT2D eigenvalue weighted by molar-refractivity contribution is 5.90. The van der Waals surface area contributed by atoms with Crippen LogP contribution in [0.3, 0.4) is 0 Å². The molecule has 1 saturated carbocycles. The van der Waals surface area contributed by atoms with Gasteiger partial charge >= 0.3 is 5.97 Å². The monoisotopic (exact) mass is 296 g/mol. The fourth-order valence-corrected chi connectivity index (χ4v) is 3.34. The Kier molecular flexibility index (Phi) is 5.20. The Balaban J connectivity index is 1.89. The van der Waals surface area contributed by atoms with Gasteiger partial charge in [-0.25, -0.2) is 0 Å². The molecule has 1 aliphatic heterocycles. The third-order valence-electron chi connectivity index (χ3n) is 4.57. The van der Waals surface area contributed by atoms with E-state index >= 15 is 0 Å². The Morgan fingerprint density at radius 3 is 2.29 bits per heavy atom. The van der Waals surface area contributed by atoms with Crippen molar-refractivity contribution in [3.8, 4) is 0 Å². The molecule has 118 valence electrons. The first-order valence-electron chi connectivity index (χ1n) is 7.82. The van der Waals surface area contributed by atoms with Gasteiger partial charge in [-0.1, -0.05) is 6.42 Å². The molecule has 2 rings (SSSR count). The largest absolute Gasteiger partial charge is 0.481 e. The fraction of sp³-hybridized carbons (Fsp3) is 0.800. The predicted molar refractivity (Wildman–Crippen MR) is 76.5 cm³/mol. The maximum Gasteiger partial charge on any atom is 0.307 e. The Bertz CT molecular complexity index is 418. The van der Waals surface area contributed by atoms with Gasteiger partial charge in [-0.15, -0.1) is 0 Å². The summed E-state index contributed by atoms with van der Waals surface area (Å²) < 4.78 is 0. The maximum absolute atomic E-state index is 12.3. The molecular formula is C15H24N2O4. The van der Waals surface area contributed by atoms with E-state index in [1.165, 1.54) is 0 Å². The lowest BCUT2D eigenvalue weighted by Gasteiger charge is -2.30. The second-order valence-electron chi connectivity index (χ2n) is 6.10. The summed E-state index contributed by atoms with van der Waals surface area (Å²) in [5.74, 6) is -2.38. The van der Waals surface area contributed by atoms with E-state index in [1.807, 2.05) is 0 Å². The number of hydrogen-bond donors (Lipinski definition) is 2. The molecule has 3 atom stereocenters. The van der Waals surface area contributed by atoms with Crippen LogP contribution in [-0.2, 0) is 14.4 Å². The van der Waals surface area contributed by atoms with Crippen LogP contribution in [0.5, 0.6) is 0 Å². The minimum Gasteiger partial charge on any atom is -0.481 e. The number of carbonyl (C=O) groups excluding carboxylic acids is 2. The lowest BCUT2D eigenvalue weighted by Crippen LogP contribution is -2.50. The van der Waals surface area contributed by atoms with Crippen molar-refractivity contribution in [3.63, 3.8) is 0 Å². The summed E-state index contributed by atoms with van der Waals surface area (Å²) in [5.41, 5.74) is 0. The zero-order valence-electron chi connectivity index (χ0n) is 12.5. The summed E-state index contributed by atoms with van der Waals surface area (Å²) in [6.07, 6.45) is 5.05. The molecule has 0 aromatic carbocycles. The number of piperidine rings is 1. The highest BCUT2D eigenvalue weighted by Crippen LogP contribution is 2.32. The van der Waals surface area contributed by atoms with E-state index in [0.29, 0.717) is 12.8 Å². The fourth-order valence-electron chi connectivity index (χ4n) is 3.34. The Morgan fingerprint density at radius 2 is 1.67 bits per heavy atom. The van der Waals surface area contributed by atoms with E-state index in [-0.39, 0.29) is 11.8 Å². The number of rotatable bonds is 4. The Morgan fingerprint density at radius 1 is 1.05 bits per heavy atom. The van der Waals surface area contributed by atoms with Crippen LogP contribution >= 0.6 is 0 Å². The molecule has 2 amide bonds. The number of amides is 2. The molecule has 0 spiro atoms. The predicted octanol–water partition coefficient (Wildman–Crippen LogP) is 1.00. The highest BCUT2D eigenvalue weighted by atomic mass is 16.4. The number of aliphatic carboxylic acids is 1. The van der Waals surface area contributed by atoms with Crippen molar-refractivity contribution >= 4 is 17.8 Å². The van der Waals surface area contributed by atoms with Crippen molar-refractivity contribution in [2.75, 3.05) is 13.1 Å². The van der Waals surface area contributed by atoms with Gasteiger partial charge in [-0.2, -0.15) is 0 Å². The molecule has 0 aromatic heterocycles. The number of likely N-dealkylation sites (tertiary alicyclic amines) is 1. The van der Waals surface area contributed by atoms with Gasteiger partial charge in [0.1, 0.15) is 6.04 Å². The maximum atomic E-state index is 12.3. The van der Waals surface area contributed by atoms with E-state index in [4.69, 9.17) is 5.11 Å². The molecule has 6 heteroatoms. The van der Waals surface area contributed by atoms with Gasteiger partial charge in [-0.05, 0) is 39.0 Å². The third kappa shape index (κ3) is 3.74. The molecule has 21 heavy (non-hydrogen) atoms. The van der Waals surface area contributed by atoms with Gasteiger partial charge in [0.15, 0.2) is 0 Å². The first-order chi connectivity index (χ1) is 10.0. The van der Waals surface area contributed by atoms with E-state index < -0.39 is 23.8 Å². The average molecular weight is 296 g/mol. The Hall–Kier alpha value is -1.59. The minimum absolute atomic E-state index is 0.0621. The van der Waals surface area contributed by atoms with Gasteiger partial charge in [0, 0.05) is 13.1 Å². The molecular weight excluding hydrogens is 272 g/mol. The molecule has 2 fully saturated rings. The number of nitrogens with zero attached hydrogens (tertiary/aromatic N) is 1. The van der Waals surface area contributed by atoms with Gasteiger partial charge < -0.3 is 15.3 Å². The number of carboxylic acids is 1. The topological polar surface area (TPSA) is 86.7 Å². The summed E-state index contributed by atoms with van der Waals surface area (Å²) >= 11 is 0.